The molecule has 0 aliphatic heterocycles. The number of rotatable bonds is 7. The van der Waals surface area contributed by atoms with Crippen LogP contribution in [0.5, 0.6) is 0 Å². The van der Waals surface area contributed by atoms with Crippen molar-refractivity contribution in [2.75, 3.05) is 0 Å². The number of benzene rings is 1. The lowest BCUT2D eigenvalue weighted by atomic mass is 9.83. The van der Waals surface area contributed by atoms with Crippen molar-refractivity contribution in [1.29, 1.82) is 5.26 Å². The van der Waals surface area contributed by atoms with Gasteiger partial charge in [-0.3, -0.25) is 9.36 Å². The molecule has 2 aromatic rings. The highest BCUT2D eigenvalue weighted by Crippen LogP contribution is 2.31. The minimum absolute atomic E-state index is 0.0796. The quantitative estimate of drug-likeness (QED) is 0.459. The fraction of sp³-hybridized carbons (Fsp3) is 0.520. The van der Waals surface area contributed by atoms with Crippen molar-refractivity contribution in [3.05, 3.63) is 42.5 Å². The average molecular weight is 452 g/mol. The molecule has 170 valence electrons. The molecular formula is C25H33N5OS. The third-order valence-corrected chi connectivity index (χ3v) is 7.05. The zero-order chi connectivity index (χ0) is 23.4. The third-order valence-electron chi connectivity index (χ3n) is 5.97. The Bertz CT molecular complexity index is 991. The smallest absolute Gasteiger partial charge is 0.234 e. The Hall–Kier alpha value is -2.59. The molecule has 0 unspecified atom stereocenters. The number of hydrogen-bond donors (Lipinski definition) is 1. The first-order chi connectivity index (χ1) is 15.2. The molecule has 0 bridgehead atoms. The molecule has 1 atom stereocenters. The number of amides is 1. The highest BCUT2D eigenvalue weighted by atomic mass is 32.2. The van der Waals surface area contributed by atoms with Crippen LogP contribution < -0.4 is 5.32 Å². The molecule has 1 aromatic carbocycles. The van der Waals surface area contributed by atoms with Gasteiger partial charge in [0.05, 0.1) is 11.3 Å². The van der Waals surface area contributed by atoms with Crippen molar-refractivity contribution in [3.63, 3.8) is 0 Å². The molecule has 0 saturated heterocycles. The van der Waals surface area contributed by atoms with E-state index in [1.807, 2.05) is 11.5 Å². The number of allylic oxidation sites excluding steroid dienone is 1. The maximum atomic E-state index is 12.9. The van der Waals surface area contributed by atoms with Crippen LogP contribution in [0, 0.1) is 11.3 Å². The van der Waals surface area contributed by atoms with Crippen LogP contribution in [0.15, 0.2) is 42.1 Å². The number of carbonyl (C=O) groups excluding carboxylic acids is 1. The second-order valence-corrected chi connectivity index (χ2v) is 10.8. The molecule has 1 heterocycles. The Morgan fingerprint density at radius 2 is 1.94 bits per heavy atom. The van der Waals surface area contributed by atoms with E-state index in [0.717, 1.165) is 30.7 Å². The summed E-state index contributed by atoms with van der Waals surface area (Å²) in [6.07, 6.45) is 6.30. The zero-order valence-electron chi connectivity index (χ0n) is 19.5. The predicted octanol–water partition coefficient (Wildman–Crippen LogP) is 5.25. The van der Waals surface area contributed by atoms with Gasteiger partial charge in [-0.15, -0.1) is 16.8 Å². The third kappa shape index (κ3) is 5.42. The highest BCUT2D eigenvalue weighted by Gasteiger charge is 2.35. The number of carbonyl (C=O) groups is 1. The molecule has 1 fully saturated rings. The Morgan fingerprint density at radius 3 is 2.50 bits per heavy atom. The van der Waals surface area contributed by atoms with Gasteiger partial charge in [-0.1, -0.05) is 82.1 Å². The Labute approximate surface area is 195 Å². The van der Waals surface area contributed by atoms with Gasteiger partial charge >= 0.3 is 0 Å². The van der Waals surface area contributed by atoms with Gasteiger partial charge < -0.3 is 5.32 Å². The Balaban J connectivity index is 1.78. The number of nitrogens with zero attached hydrogens (tertiary/aromatic N) is 4. The first-order valence-corrected chi connectivity index (χ1v) is 12.1. The van der Waals surface area contributed by atoms with Gasteiger partial charge in [0.25, 0.3) is 0 Å². The Kier molecular flexibility index (Phi) is 7.45. The van der Waals surface area contributed by atoms with Crippen LogP contribution in [-0.4, -0.2) is 31.5 Å². The molecular weight excluding hydrogens is 418 g/mol. The van der Waals surface area contributed by atoms with Gasteiger partial charge in [0.1, 0.15) is 5.54 Å². The van der Waals surface area contributed by atoms with Crippen LogP contribution in [0.4, 0.5) is 0 Å². The first-order valence-electron chi connectivity index (χ1n) is 11.2. The van der Waals surface area contributed by atoms with Gasteiger partial charge in [-0.05, 0) is 30.7 Å². The van der Waals surface area contributed by atoms with Crippen LogP contribution in [0.1, 0.15) is 65.4 Å². The lowest BCUT2D eigenvalue weighted by molar-refractivity contribution is -0.121. The molecule has 32 heavy (non-hydrogen) atoms. The van der Waals surface area contributed by atoms with E-state index in [-0.39, 0.29) is 11.3 Å². The van der Waals surface area contributed by atoms with Crippen LogP contribution >= 0.6 is 11.8 Å². The van der Waals surface area contributed by atoms with Crippen molar-refractivity contribution in [2.24, 2.45) is 0 Å². The second-order valence-electron chi connectivity index (χ2n) is 9.54. The summed E-state index contributed by atoms with van der Waals surface area (Å²) in [6, 6.07) is 10.7. The molecule has 1 aromatic heterocycles. The van der Waals surface area contributed by atoms with Gasteiger partial charge in [0.2, 0.25) is 5.91 Å². The molecule has 7 heteroatoms. The maximum Gasteiger partial charge on any atom is 0.234 e. The predicted molar refractivity (Wildman–Crippen MR) is 129 cm³/mol. The fourth-order valence-electron chi connectivity index (χ4n) is 3.97. The minimum atomic E-state index is -0.737. The van der Waals surface area contributed by atoms with Crippen LogP contribution in [0.2, 0.25) is 0 Å². The molecule has 1 aliphatic carbocycles. The molecule has 1 N–H and O–H groups in total. The van der Waals surface area contributed by atoms with E-state index >= 15 is 0 Å². The zero-order valence-corrected chi connectivity index (χ0v) is 20.3. The van der Waals surface area contributed by atoms with Crippen molar-refractivity contribution in [2.45, 2.75) is 87.7 Å². The normalized spacial score (nSPS) is 16.7. The summed E-state index contributed by atoms with van der Waals surface area (Å²) in [7, 11) is 0. The topological polar surface area (TPSA) is 83.6 Å². The van der Waals surface area contributed by atoms with E-state index in [1.165, 1.54) is 17.3 Å². The number of nitrogens with one attached hydrogen (secondary N) is 1. The summed E-state index contributed by atoms with van der Waals surface area (Å²) in [5, 5.41) is 21.7. The lowest BCUT2D eigenvalue weighted by Crippen LogP contribution is -2.51. The summed E-state index contributed by atoms with van der Waals surface area (Å²) in [5.41, 5.74) is 1.57. The van der Waals surface area contributed by atoms with E-state index < -0.39 is 10.8 Å². The second kappa shape index (κ2) is 9.91. The van der Waals surface area contributed by atoms with E-state index in [2.05, 4.69) is 73.2 Å². The molecule has 0 spiro atoms. The monoisotopic (exact) mass is 451 g/mol. The summed E-state index contributed by atoms with van der Waals surface area (Å²) >= 11 is 1.36. The Morgan fingerprint density at radius 1 is 1.28 bits per heavy atom. The molecule has 6 nitrogen and oxygen atoms in total. The van der Waals surface area contributed by atoms with Crippen molar-refractivity contribution < 1.29 is 4.79 Å². The number of nitriles is 1. The summed E-state index contributed by atoms with van der Waals surface area (Å²) in [6.45, 7) is 12.8. The standard InChI is InChI=1S/C25H33N5OS/c1-6-16-30-21(19-10-12-20(13-11-19)24(3,4)5)28-29-23(30)32-18(2)22(31)27-25(17-26)14-8-7-9-15-25/h6,10-13,18H,1,7-9,14-16H2,2-5H3,(H,27,31)/t18-/m0/s1. The molecule has 1 aliphatic rings. The fourth-order valence-corrected chi connectivity index (χ4v) is 4.83. The van der Waals surface area contributed by atoms with Gasteiger partial charge in [0, 0.05) is 12.1 Å². The number of hydrogen-bond acceptors (Lipinski definition) is 5. The minimum Gasteiger partial charge on any atom is -0.337 e. The van der Waals surface area contributed by atoms with Gasteiger partial charge in [0.15, 0.2) is 11.0 Å². The van der Waals surface area contributed by atoms with Crippen LogP contribution in [-0.2, 0) is 16.8 Å². The summed E-state index contributed by atoms with van der Waals surface area (Å²) < 4.78 is 1.98. The van der Waals surface area contributed by atoms with Gasteiger partial charge in [-0.25, -0.2) is 0 Å². The highest BCUT2D eigenvalue weighted by molar-refractivity contribution is 8.00. The van der Waals surface area contributed by atoms with Crippen molar-refractivity contribution in [1.82, 2.24) is 20.1 Å². The lowest BCUT2D eigenvalue weighted by Gasteiger charge is -2.32. The number of aromatic nitrogens is 3. The number of thioether (sulfide) groups is 1. The summed E-state index contributed by atoms with van der Waals surface area (Å²) in [5.74, 6) is 0.615. The van der Waals surface area contributed by atoms with E-state index in [4.69, 9.17) is 0 Å². The van der Waals surface area contributed by atoms with E-state index in [1.54, 1.807) is 6.08 Å². The van der Waals surface area contributed by atoms with Crippen molar-refractivity contribution >= 4 is 17.7 Å². The SMILES string of the molecule is C=CCn1c(S[C@@H](C)C(=O)NC2(C#N)CCCCC2)nnc1-c1ccc(C(C)(C)C)cc1. The summed E-state index contributed by atoms with van der Waals surface area (Å²) in [4.78, 5) is 12.9. The van der Waals surface area contributed by atoms with Crippen LogP contribution in [0.25, 0.3) is 11.4 Å². The van der Waals surface area contributed by atoms with E-state index in [0.29, 0.717) is 24.5 Å². The maximum absolute atomic E-state index is 12.9. The molecule has 0 radical (unpaired) electrons. The van der Waals surface area contributed by atoms with Crippen LogP contribution in [0.3, 0.4) is 0 Å². The first kappa shape index (κ1) is 24.1. The van der Waals surface area contributed by atoms with Crippen molar-refractivity contribution in [3.8, 4) is 17.5 Å². The average Bonchev–Trinajstić information content (AvgIpc) is 3.16. The molecule has 1 saturated carbocycles. The largest absolute Gasteiger partial charge is 0.337 e. The van der Waals surface area contributed by atoms with Gasteiger partial charge in [-0.2, -0.15) is 5.26 Å². The van der Waals surface area contributed by atoms with E-state index in [9.17, 15) is 10.1 Å². The molecule has 1 amide bonds. The molecule has 3 rings (SSSR count).